The Bertz CT molecular complexity index is 324. The van der Waals surface area contributed by atoms with E-state index >= 15 is 0 Å². The van der Waals surface area contributed by atoms with E-state index in [1.807, 2.05) is 10.8 Å². The molecule has 0 atom stereocenters. The number of amides is 2. The van der Waals surface area contributed by atoms with E-state index in [2.05, 4.69) is 10.6 Å². The van der Waals surface area contributed by atoms with Crippen molar-refractivity contribution in [2.24, 2.45) is 0 Å². The van der Waals surface area contributed by atoms with Crippen LogP contribution in [0.15, 0.2) is 16.8 Å². The Balaban J connectivity index is 2.11. The molecule has 2 amide bonds. The minimum Gasteiger partial charge on any atom is -0.481 e. The Kier molecular flexibility index (Phi) is 4.62. The summed E-state index contributed by atoms with van der Waals surface area (Å²) in [6.07, 6.45) is 0.505. The van der Waals surface area contributed by atoms with Crippen LogP contribution < -0.4 is 10.6 Å². The van der Waals surface area contributed by atoms with Gasteiger partial charge in [-0.05, 0) is 17.9 Å². The molecule has 0 aliphatic carbocycles. The van der Waals surface area contributed by atoms with Gasteiger partial charge in [0.1, 0.15) is 0 Å². The molecule has 3 N–H and O–H groups in total. The number of carbonyl (C=O) groups is 2. The highest BCUT2D eigenvalue weighted by Gasteiger charge is 2.01. The summed E-state index contributed by atoms with van der Waals surface area (Å²) in [6.45, 7) is 0.363. The predicted octanol–water partition coefficient (Wildman–Crippen LogP) is 1.73. The maximum atomic E-state index is 11.2. The van der Waals surface area contributed by atoms with Crippen LogP contribution in [-0.2, 0) is 4.79 Å². The van der Waals surface area contributed by atoms with Gasteiger partial charge in [-0.2, -0.15) is 11.3 Å². The molecule has 1 aromatic heterocycles. The largest absolute Gasteiger partial charge is 0.481 e. The van der Waals surface area contributed by atoms with Gasteiger partial charge in [0.25, 0.3) is 0 Å². The third-order valence-corrected chi connectivity index (χ3v) is 2.32. The molecule has 0 fully saturated rings. The molecular weight excluding hydrogens is 216 g/mol. The van der Waals surface area contributed by atoms with Crippen molar-refractivity contribution >= 4 is 29.0 Å². The highest BCUT2D eigenvalue weighted by molar-refractivity contribution is 7.08. The summed E-state index contributed by atoms with van der Waals surface area (Å²) in [5.41, 5.74) is 0.746. The van der Waals surface area contributed by atoms with E-state index < -0.39 is 5.97 Å². The molecule has 0 unspecified atom stereocenters. The number of urea groups is 1. The molecule has 15 heavy (non-hydrogen) atoms. The molecule has 0 saturated heterocycles. The van der Waals surface area contributed by atoms with E-state index in [4.69, 9.17) is 5.11 Å². The molecule has 0 aliphatic heterocycles. The van der Waals surface area contributed by atoms with Crippen molar-refractivity contribution in [3.05, 3.63) is 16.8 Å². The van der Waals surface area contributed by atoms with E-state index in [0.717, 1.165) is 5.69 Å². The van der Waals surface area contributed by atoms with Gasteiger partial charge in [0, 0.05) is 18.3 Å². The SMILES string of the molecule is O=C(O)CCCNC(=O)Nc1ccsc1. The van der Waals surface area contributed by atoms with Crippen molar-refractivity contribution in [1.82, 2.24) is 5.32 Å². The molecule has 5 nitrogen and oxygen atoms in total. The van der Waals surface area contributed by atoms with E-state index in [9.17, 15) is 9.59 Å². The monoisotopic (exact) mass is 228 g/mol. The molecule has 0 aliphatic rings. The predicted molar refractivity (Wildman–Crippen MR) is 58.2 cm³/mol. The van der Waals surface area contributed by atoms with E-state index in [-0.39, 0.29) is 12.5 Å². The Labute approximate surface area is 91.1 Å². The van der Waals surface area contributed by atoms with Crippen LogP contribution in [0.4, 0.5) is 10.5 Å². The number of hydrogen-bond acceptors (Lipinski definition) is 3. The zero-order valence-electron chi connectivity index (χ0n) is 8.03. The van der Waals surface area contributed by atoms with Crippen LogP contribution >= 0.6 is 11.3 Å². The van der Waals surface area contributed by atoms with Crippen molar-refractivity contribution < 1.29 is 14.7 Å². The number of nitrogens with one attached hydrogen (secondary N) is 2. The van der Waals surface area contributed by atoms with Gasteiger partial charge < -0.3 is 15.7 Å². The molecule has 1 heterocycles. The van der Waals surface area contributed by atoms with Crippen LogP contribution in [0.1, 0.15) is 12.8 Å². The second kappa shape index (κ2) is 6.02. The van der Waals surface area contributed by atoms with Crippen LogP contribution in [-0.4, -0.2) is 23.7 Å². The maximum Gasteiger partial charge on any atom is 0.319 e. The van der Waals surface area contributed by atoms with Crippen LogP contribution in [0, 0.1) is 0 Å². The summed E-state index contributed by atoms with van der Waals surface area (Å²) in [7, 11) is 0. The van der Waals surface area contributed by atoms with E-state index in [1.165, 1.54) is 11.3 Å². The summed E-state index contributed by atoms with van der Waals surface area (Å²) in [5.74, 6) is -0.852. The highest BCUT2D eigenvalue weighted by Crippen LogP contribution is 2.10. The minimum absolute atomic E-state index is 0.0682. The lowest BCUT2D eigenvalue weighted by Gasteiger charge is -2.04. The highest BCUT2D eigenvalue weighted by atomic mass is 32.1. The lowest BCUT2D eigenvalue weighted by atomic mass is 10.3. The molecule has 82 valence electrons. The van der Waals surface area contributed by atoms with Crippen molar-refractivity contribution in [2.75, 3.05) is 11.9 Å². The normalized spacial score (nSPS) is 9.60. The smallest absolute Gasteiger partial charge is 0.319 e. The van der Waals surface area contributed by atoms with Crippen molar-refractivity contribution in [3.8, 4) is 0 Å². The fourth-order valence-corrected chi connectivity index (χ4v) is 1.54. The number of carboxylic acids is 1. The Morgan fingerprint density at radius 3 is 2.87 bits per heavy atom. The number of carbonyl (C=O) groups excluding carboxylic acids is 1. The molecule has 0 saturated carbocycles. The summed E-state index contributed by atoms with van der Waals surface area (Å²) >= 11 is 1.49. The third kappa shape index (κ3) is 5.02. The Morgan fingerprint density at radius 1 is 1.47 bits per heavy atom. The molecular formula is C9H12N2O3S. The average Bonchev–Trinajstić information content (AvgIpc) is 2.64. The van der Waals surface area contributed by atoms with Crippen LogP contribution in [0.2, 0.25) is 0 Å². The zero-order chi connectivity index (χ0) is 11.1. The first-order valence-corrected chi connectivity index (χ1v) is 5.41. The first kappa shape index (κ1) is 11.5. The molecule has 1 aromatic rings. The lowest BCUT2D eigenvalue weighted by Crippen LogP contribution is -2.29. The third-order valence-electron chi connectivity index (χ3n) is 1.63. The molecule has 1 rings (SSSR count). The Morgan fingerprint density at radius 2 is 2.27 bits per heavy atom. The topological polar surface area (TPSA) is 78.4 Å². The first-order valence-electron chi connectivity index (χ1n) is 4.47. The zero-order valence-corrected chi connectivity index (χ0v) is 8.84. The van der Waals surface area contributed by atoms with Gasteiger partial charge in [-0.3, -0.25) is 4.79 Å². The number of aliphatic carboxylic acids is 1. The number of anilines is 1. The minimum atomic E-state index is -0.852. The number of hydrogen-bond donors (Lipinski definition) is 3. The van der Waals surface area contributed by atoms with Crippen molar-refractivity contribution in [3.63, 3.8) is 0 Å². The van der Waals surface area contributed by atoms with Gasteiger partial charge in [0.15, 0.2) is 0 Å². The van der Waals surface area contributed by atoms with E-state index in [0.29, 0.717) is 13.0 Å². The fourth-order valence-electron chi connectivity index (χ4n) is 0.952. The second-order valence-electron chi connectivity index (χ2n) is 2.89. The van der Waals surface area contributed by atoms with Gasteiger partial charge in [-0.25, -0.2) is 4.79 Å². The van der Waals surface area contributed by atoms with Gasteiger partial charge >= 0.3 is 12.0 Å². The average molecular weight is 228 g/mol. The van der Waals surface area contributed by atoms with Gasteiger partial charge in [-0.1, -0.05) is 0 Å². The quantitative estimate of drug-likeness (QED) is 0.671. The van der Waals surface area contributed by atoms with Gasteiger partial charge in [0.2, 0.25) is 0 Å². The lowest BCUT2D eigenvalue weighted by molar-refractivity contribution is -0.137. The van der Waals surface area contributed by atoms with Crippen LogP contribution in [0.25, 0.3) is 0 Å². The van der Waals surface area contributed by atoms with Crippen molar-refractivity contribution in [2.45, 2.75) is 12.8 Å². The van der Waals surface area contributed by atoms with Gasteiger partial charge in [-0.15, -0.1) is 0 Å². The summed E-state index contributed by atoms with van der Waals surface area (Å²) in [6, 6.07) is 1.49. The first-order chi connectivity index (χ1) is 7.18. The Hall–Kier alpha value is -1.56. The molecule has 0 radical (unpaired) electrons. The number of carboxylic acid groups (broad SMARTS) is 1. The second-order valence-corrected chi connectivity index (χ2v) is 3.67. The molecule has 0 spiro atoms. The molecule has 0 bridgehead atoms. The molecule has 0 aromatic carbocycles. The van der Waals surface area contributed by atoms with Crippen LogP contribution in [0.3, 0.4) is 0 Å². The van der Waals surface area contributed by atoms with Gasteiger partial charge in [0.05, 0.1) is 5.69 Å². The summed E-state index contributed by atoms with van der Waals surface area (Å²) in [4.78, 5) is 21.4. The summed E-state index contributed by atoms with van der Waals surface area (Å²) in [5, 5.41) is 17.2. The molecule has 6 heteroatoms. The number of thiophene rings is 1. The van der Waals surface area contributed by atoms with Crippen LogP contribution in [0.5, 0.6) is 0 Å². The summed E-state index contributed by atoms with van der Waals surface area (Å²) < 4.78 is 0. The van der Waals surface area contributed by atoms with E-state index in [1.54, 1.807) is 6.07 Å². The maximum absolute atomic E-state index is 11.2. The van der Waals surface area contributed by atoms with Crippen molar-refractivity contribution in [1.29, 1.82) is 0 Å². The standard InChI is InChI=1S/C9H12N2O3S/c12-8(13)2-1-4-10-9(14)11-7-3-5-15-6-7/h3,5-6H,1-2,4H2,(H,12,13)(H2,10,11,14). The fraction of sp³-hybridized carbons (Fsp3) is 0.333. The number of rotatable bonds is 5.